The lowest BCUT2D eigenvalue weighted by Gasteiger charge is -2.21. The number of hydrogen-bond donors (Lipinski definition) is 6. The van der Waals surface area contributed by atoms with Gasteiger partial charge in [0.2, 0.25) is 11.8 Å². The third-order valence-electron chi connectivity index (χ3n) is 7.28. The van der Waals surface area contributed by atoms with Crippen LogP contribution in [-0.4, -0.2) is 69.6 Å². The van der Waals surface area contributed by atoms with Crippen molar-refractivity contribution in [2.75, 3.05) is 39.5 Å². The summed E-state index contributed by atoms with van der Waals surface area (Å²) < 4.78 is 0. The predicted octanol–water partition coefficient (Wildman–Crippen LogP) is 4.08. The van der Waals surface area contributed by atoms with E-state index >= 15 is 0 Å². The van der Waals surface area contributed by atoms with Gasteiger partial charge in [-0.3, -0.25) is 19.7 Å². The summed E-state index contributed by atoms with van der Waals surface area (Å²) >= 11 is 0. The zero-order chi connectivity index (χ0) is 31.1. The molecule has 0 aromatic heterocycles. The van der Waals surface area contributed by atoms with Gasteiger partial charge in [0.15, 0.2) is 0 Å². The standard InChI is InChI=1S/C32H66N6O4/c1-4-34-21-15-11-7-5-8-12-16-22-35-23-17-13-9-6-10-14-18-24-36-27-42-38-30(19-20-31(33)40)32(41)37-29(26-39)25-28(2)3/h26,28-30,34-36,38H,4-25,27H2,1-3H3,(H2,33,40)(H,37,41)/t29-,30-/m0/s1. The Balaban J connectivity index is 3.60. The molecule has 0 aliphatic rings. The fourth-order valence-electron chi connectivity index (χ4n) is 4.80. The second-order valence-corrected chi connectivity index (χ2v) is 11.9. The van der Waals surface area contributed by atoms with E-state index in [0.717, 1.165) is 38.9 Å². The van der Waals surface area contributed by atoms with E-state index in [1.165, 1.54) is 90.0 Å². The van der Waals surface area contributed by atoms with Crippen molar-refractivity contribution in [3.05, 3.63) is 0 Å². The average molecular weight is 599 g/mol. The summed E-state index contributed by atoms with van der Waals surface area (Å²) in [6.07, 6.45) is 19.7. The van der Waals surface area contributed by atoms with E-state index in [9.17, 15) is 14.4 Å². The molecule has 10 heteroatoms. The van der Waals surface area contributed by atoms with Crippen LogP contribution in [0.3, 0.4) is 0 Å². The van der Waals surface area contributed by atoms with Crippen molar-refractivity contribution < 1.29 is 19.2 Å². The van der Waals surface area contributed by atoms with E-state index in [-0.39, 0.29) is 31.4 Å². The number of amides is 2. The molecule has 42 heavy (non-hydrogen) atoms. The lowest BCUT2D eigenvalue weighted by atomic mass is 10.0. The molecule has 0 aromatic rings. The number of carbonyl (C=O) groups is 3. The Morgan fingerprint density at radius 2 is 1.21 bits per heavy atom. The number of hydrogen-bond acceptors (Lipinski definition) is 8. The number of aldehydes is 1. The Morgan fingerprint density at radius 3 is 1.67 bits per heavy atom. The van der Waals surface area contributed by atoms with Crippen molar-refractivity contribution in [2.45, 2.75) is 142 Å². The Labute approximate surface area is 257 Å². The summed E-state index contributed by atoms with van der Waals surface area (Å²) in [6, 6.07) is -1.33. The fourth-order valence-corrected chi connectivity index (χ4v) is 4.80. The van der Waals surface area contributed by atoms with Crippen LogP contribution >= 0.6 is 0 Å². The summed E-state index contributed by atoms with van der Waals surface area (Å²) in [5, 5.41) is 12.9. The summed E-state index contributed by atoms with van der Waals surface area (Å²) in [5.41, 5.74) is 7.96. The Kier molecular flexibility index (Phi) is 29.7. The molecule has 0 bridgehead atoms. The minimum Gasteiger partial charge on any atom is -0.370 e. The quantitative estimate of drug-likeness (QED) is 0.0287. The maximum Gasteiger partial charge on any atom is 0.240 e. The molecule has 0 rings (SSSR count). The second kappa shape index (κ2) is 30.9. The van der Waals surface area contributed by atoms with Crippen LogP contribution in [0, 0.1) is 5.92 Å². The molecule has 0 aromatic carbocycles. The van der Waals surface area contributed by atoms with Crippen molar-refractivity contribution >= 4 is 18.1 Å². The van der Waals surface area contributed by atoms with Crippen molar-refractivity contribution in [3.63, 3.8) is 0 Å². The molecule has 0 saturated carbocycles. The highest BCUT2D eigenvalue weighted by Crippen LogP contribution is 2.08. The third-order valence-corrected chi connectivity index (χ3v) is 7.28. The number of nitrogens with one attached hydrogen (secondary N) is 5. The smallest absolute Gasteiger partial charge is 0.240 e. The molecule has 248 valence electrons. The van der Waals surface area contributed by atoms with Crippen LogP contribution in [0.1, 0.15) is 130 Å². The van der Waals surface area contributed by atoms with Gasteiger partial charge in [0.25, 0.3) is 0 Å². The van der Waals surface area contributed by atoms with Gasteiger partial charge in [-0.2, -0.15) is 5.48 Å². The first-order chi connectivity index (χ1) is 20.4. The van der Waals surface area contributed by atoms with E-state index in [2.05, 4.69) is 33.7 Å². The molecule has 0 fully saturated rings. The van der Waals surface area contributed by atoms with Gasteiger partial charge in [0.05, 0.1) is 6.04 Å². The fraction of sp³-hybridized carbons (Fsp3) is 0.906. The van der Waals surface area contributed by atoms with Gasteiger partial charge in [-0.15, -0.1) is 0 Å². The minimum absolute atomic E-state index is 0.0480. The number of primary amides is 1. The van der Waals surface area contributed by atoms with Gasteiger partial charge in [-0.25, -0.2) is 0 Å². The van der Waals surface area contributed by atoms with Crippen molar-refractivity contribution in [2.24, 2.45) is 11.7 Å². The zero-order valence-electron chi connectivity index (χ0n) is 27.3. The number of rotatable bonds is 33. The van der Waals surface area contributed by atoms with Crippen LogP contribution in [0.25, 0.3) is 0 Å². The molecule has 0 aliphatic heterocycles. The average Bonchev–Trinajstić information content (AvgIpc) is 2.95. The largest absolute Gasteiger partial charge is 0.370 e. The molecular weight excluding hydrogens is 532 g/mol. The minimum atomic E-state index is -0.762. The van der Waals surface area contributed by atoms with Gasteiger partial charge in [-0.1, -0.05) is 85.0 Å². The van der Waals surface area contributed by atoms with E-state index in [4.69, 9.17) is 10.6 Å². The highest BCUT2D eigenvalue weighted by Gasteiger charge is 2.22. The van der Waals surface area contributed by atoms with Crippen LogP contribution in [0.15, 0.2) is 0 Å². The molecule has 0 radical (unpaired) electrons. The Hall–Kier alpha value is -1.59. The van der Waals surface area contributed by atoms with Gasteiger partial charge in [-0.05, 0) is 77.2 Å². The van der Waals surface area contributed by atoms with E-state index in [1.54, 1.807) is 0 Å². The molecule has 0 heterocycles. The topological polar surface area (TPSA) is 147 Å². The van der Waals surface area contributed by atoms with Crippen LogP contribution in [0.5, 0.6) is 0 Å². The van der Waals surface area contributed by atoms with E-state index in [0.29, 0.717) is 6.42 Å². The molecule has 2 amide bonds. The first-order valence-corrected chi connectivity index (χ1v) is 16.9. The molecule has 0 spiro atoms. The van der Waals surface area contributed by atoms with Crippen molar-refractivity contribution in [3.8, 4) is 0 Å². The molecule has 0 aliphatic carbocycles. The normalized spacial score (nSPS) is 12.9. The third kappa shape index (κ3) is 28.5. The maximum atomic E-state index is 12.6. The van der Waals surface area contributed by atoms with Crippen molar-refractivity contribution in [1.82, 2.24) is 26.7 Å². The SMILES string of the molecule is CCNCCCCCCCCCNCCCCCCCCCNCON[C@@H](CCC(N)=O)C(=O)N[C@H](C=O)CC(C)C. The highest BCUT2D eigenvalue weighted by molar-refractivity contribution is 5.85. The summed E-state index contributed by atoms with van der Waals surface area (Å²) in [5.74, 6) is -0.600. The molecular formula is C32H66N6O4. The summed E-state index contributed by atoms with van der Waals surface area (Å²) in [6.45, 7) is 11.8. The van der Waals surface area contributed by atoms with Crippen LogP contribution in [0.2, 0.25) is 0 Å². The molecule has 0 unspecified atom stereocenters. The first kappa shape index (κ1) is 40.4. The maximum absolute atomic E-state index is 12.6. The van der Waals surface area contributed by atoms with E-state index in [1.807, 2.05) is 13.8 Å². The first-order valence-electron chi connectivity index (χ1n) is 16.9. The van der Waals surface area contributed by atoms with Crippen LogP contribution < -0.4 is 32.5 Å². The van der Waals surface area contributed by atoms with Gasteiger partial charge >= 0.3 is 0 Å². The predicted molar refractivity (Wildman–Crippen MR) is 173 cm³/mol. The van der Waals surface area contributed by atoms with Gasteiger partial charge in [0.1, 0.15) is 19.1 Å². The van der Waals surface area contributed by atoms with Crippen molar-refractivity contribution in [1.29, 1.82) is 0 Å². The lowest BCUT2D eigenvalue weighted by Crippen LogP contribution is -2.49. The lowest BCUT2D eigenvalue weighted by molar-refractivity contribution is -0.130. The van der Waals surface area contributed by atoms with Crippen LogP contribution in [-0.2, 0) is 19.2 Å². The Bertz CT molecular complexity index is 638. The number of hydroxylamine groups is 1. The molecule has 10 nitrogen and oxygen atoms in total. The molecule has 2 atom stereocenters. The number of unbranched alkanes of at least 4 members (excludes halogenated alkanes) is 12. The number of carbonyl (C=O) groups excluding carboxylic acids is 3. The Morgan fingerprint density at radius 1 is 0.738 bits per heavy atom. The van der Waals surface area contributed by atoms with Gasteiger partial charge < -0.3 is 26.5 Å². The summed E-state index contributed by atoms with van der Waals surface area (Å²) in [7, 11) is 0. The molecule has 0 saturated heterocycles. The zero-order valence-corrected chi connectivity index (χ0v) is 27.3. The number of nitrogens with two attached hydrogens (primary N) is 1. The summed E-state index contributed by atoms with van der Waals surface area (Å²) in [4.78, 5) is 40.5. The van der Waals surface area contributed by atoms with E-state index < -0.39 is 18.0 Å². The van der Waals surface area contributed by atoms with Gasteiger partial charge in [0, 0.05) is 6.42 Å². The monoisotopic (exact) mass is 599 g/mol. The van der Waals surface area contributed by atoms with Crippen LogP contribution in [0.4, 0.5) is 0 Å². The molecule has 7 N–H and O–H groups in total. The second-order valence-electron chi connectivity index (χ2n) is 11.9. The highest BCUT2D eigenvalue weighted by atomic mass is 16.7.